The Hall–Kier alpha value is -2.81. The number of benzene rings is 2. The fourth-order valence-electron chi connectivity index (χ4n) is 1.67. The molecule has 0 unspecified atom stereocenters. The number of hydrogen-bond donors (Lipinski definition) is 3. The molecule has 20 heavy (non-hydrogen) atoms. The molecule has 3 heteroatoms. The van der Waals surface area contributed by atoms with E-state index in [0.717, 1.165) is 0 Å². The molecule has 2 aromatic carbocycles. The third-order valence-electron chi connectivity index (χ3n) is 2.76. The predicted molar refractivity (Wildman–Crippen MR) is 82.0 cm³/mol. The van der Waals surface area contributed by atoms with Crippen molar-refractivity contribution in [2.45, 2.75) is 0 Å². The van der Waals surface area contributed by atoms with Gasteiger partial charge in [0.1, 0.15) is 11.5 Å². The highest BCUT2D eigenvalue weighted by molar-refractivity contribution is 6.06. The Morgan fingerprint density at radius 2 is 1.15 bits per heavy atom. The van der Waals surface area contributed by atoms with Crippen LogP contribution in [-0.2, 0) is 0 Å². The van der Waals surface area contributed by atoms with Crippen LogP contribution >= 0.6 is 0 Å². The minimum absolute atomic E-state index is 0.182. The fourth-order valence-corrected chi connectivity index (χ4v) is 1.67. The molecule has 2 rings (SSSR count). The molecule has 2 aromatic rings. The summed E-state index contributed by atoms with van der Waals surface area (Å²) in [5, 5.41) is 27.0. The van der Waals surface area contributed by atoms with Gasteiger partial charge in [0, 0.05) is 11.1 Å². The maximum Gasteiger partial charge on any atom is 0.122 e. The van der Waals surface area contributed by atoms with Gasteiger partial charge in [-0.3, -0.25) is 0 Å². The number of para-hydroxylation sites is 2. The second-order valence-electron chi connectivity index (χ2n) is 4.24. The van der Waals surface area contributed by atoms with Crippen molar-refractivity contribution in [3.8, 4) is 11.5 Å². The summed E-state index contributed by atoms with van der Waals surface area (Å²) in [6.45, 7) is 0. The summed E-state index contributed by atoms with van der Waals surface area (Å²) in [5.41, 5.74) is 1.60. The fraction of sp³-hybridized carbons (Fsp3) is 0. The Balaban J connectivity index is 2.07. The number of hydrogen-bond acceptors (Lipinski definition) is 3. The summed E-state index contributed by atoms with van der Waals surface area (Å²) in [5.74, 6) is 0.363. The minimum Gasteiger partial charge on any atom is -0.507 e. The van der Waals surface area contributed by atoms with E-state index < -0.39 is 0 Å². The second-order valence-corrected chi connectivity index (χ2v) is 4.24. The van der Waals surface area contributed by atoms with Gasteiger partial charge in [-0.2, -0.15) is 0 Å². The first-order chi connectivity index (χ1) is 9.66. The van der Waals surface area contributed by atoms with Gasteiger partial charge in [-0.15, -0.1) is 0 Å². The van der Waals surface area contributed by atoms with E-state index in [9.17, 15) is 10.2 Å². The van der Waals surface area contributed by atoms with Crippen molar-refractivity contribution in [2.24, 2.45) is 0 Å². The van der Waals surface area contributed by atoms with Crippen molar-refractivity contribution in [1.29, 1.82) is 5.41 Å². The first kappa shape index (κ1) is 13.6. The lowest BCUT2D eigenvalue weighted by Crippen LogP contribution is -1.84. The zero-order valence-corrected chi connectivity index (χ0v) is 10.8. The van der Waals surface area contributed by atoms with E-state index in [1.807, 2.05) is 12.1 Å². The van der Waals surface area contributed by atoms with E-state index in [4.69, 9.17) is 5.41 Å². The molecule has 0 aliphatic heterocycles. The first-order valence-electron chi connectivity index (χ1n) is 6.17. The van der Waals surface area contributed by atoms with Gasteiger partial charge in [0.15, 0.2) is 0 Å². The average molecular weight is 265 g/mol. The Bertz CT molecular complexity index is 615. The highest BCUT2D eigenvalue weighted by Gasteiger charge is 1.96. The van der Waals surface area contributed by atoms with Crippen LogP contribution < -0.4 is 0 Å². The Kier molecular flexibility index (Phi) is 4.35. The number of nitrogens with one attached hydrogen (secondary N) is 1. The average Bonchev–Trinajstić information content (AvgIpc) is 2.45. The SMILES string of the molecule is N=C(/C=C/c1ccccc1O)/C=C/c1ccccc1O. The summed E-state index contributed by atoms with van der Waals surface area (Å²) >= 11 is 0. The smallest absolute Gasteiger partial charge is 0.122 e. The van der Waals surface area contributed by atoms with E-state index in [1.54, 1.807) is 60.7 Å². The van der Waals surface area contributed by atoms with Gasteiger partial charge in [0.05, 0.1) is 5.71 Å². The molecule has 0 radical (unpaired) electrons. The van der Waals surface area contributed by atoms with Crippen molar-refractivity contribution < 1.29 is 10.2 Å². The number of rotatable bonds is 4. The third-order valence-corrected chi connectivity index (χ3v) is 2.76. The molecule has 0 saturated carbocycles. The molecule has 0 heterocycles. The van der Waals surface area contributed by atoms with Crippen molar-refractivity contribution >= 4 is 17.9 Å². The van der Waals surface area contributed by atoms with Crippen LogP contribution in [0.25, 0.3) is 12.2 Å². The molecule has 3 nitrogen and oxygen atoms in total. The molecule has 0 fully saturated rings. The van der Waals surface area contributed by atoms with E-state index in [1.165, 1.54) is 0 Å². The van der Waals surface area contributed by atoms with Crippen LogP contribution in [0.1, 0.15) is 11.1 Å². The van der Waals surface area contributed by atoms with Crippen molar-refractivity contribution in [1.82, 2.24) is 0 Å². The molecule has 0 aromatic heterocycles. The van der Waals surface area contributed by atoms with Gasteiger partial charge in [-0.05, 0) is 36.4 Å². The van der Waals surface area contributed by atoms with Crippen LogP contribution in [0.5, 0.6) is 11.5 Å². The van der Waals surface area contributed by atoms with E-state index in [2.05, 4.69) is 0 Å². The molecule has 0 bridgehead atoms. The normalized spacial score (nSPS) is 11.2. The van der Waals surface area contributed by atoms with E-state index in [0.29, 0.717) is 11.1 Å². The highest BCUT2D eigenvalue weighted by Crippen LogP contribution is 2.18. The van der Waals surface area contributed by atoms with Gasteiger partial charge < -0.3 is 15.6 Å². The number of aromatic hydroxyl groups is 2. The minimum atomic E-state index is 0.182. The number of phenols is 2. The summed E-state index contributed by atoms with van der Waals surface area (Å²) in [7, 11) is 0. The van der Waals surface area contributed by atoms with Crippen LogP contribution in [0.4, 0.5) is 0 Å². The largest absolute Gasteiger partial charge is 0.507 e. The third kappa shape index (κ3) is 3.59. The lowest BCUT2D eigenvalue weighted by molar-refractivity contribution is 0.473. The molecule has 0 aliphatic carbocycles. The van der Waals surface area contributed by atoms with Crippen LogP contribution in [0.2, 0.25) is 0 Å². The van der Waals surface area contributed by atoms with Gasteiger partial charge in [0.2, 0.25) is 0 Å². The molecule has 100 valence electrons. The second kappa shape index (κ2) is 6.38. The van der Waals surface area contributed by atoms with Crippen LogP contribution in [0, 0.1) is 5.41 Å². The van der Waals surface area contributed by atoms with Crippen LogP contribution in [-0.4, -0.2) is 15.9 Å². The Morgan fingerprint density at radius 3 is 1.55 bits per heavy atom. The quantitative estimate of drug-likeness (QED) is 0.735. The summed E-state index contributed by atoms with van der Waals surface area (Å²) < 4.78 is 0. The van der Waals surface area contributed by atoms with E-state index >= 15 is 0 Å². The lowest BCUT2D eigenvalue weighted by Gasteiger charge is -1.98. The summed E-state index contributed by atoms with van der Waals surface area (Å²) in [6.07, 6.45) is 6.52. The first-order valence-corrected chi connectivity index (χ1v) is 6.17. The van der Waals surface area contributed by atoms with Gasteiger partial charge in [0.25, 0.3) is 0 Å². The Morgan fingerprint density at radius 1 is 0.750 bits per heavy atom. The molecule has 0 spiro atoms. The highest BCUT2D eigenvalue weighted by atomic mass is 16.3. The predicted octanol–water partition coefficient (Wildman–Crippen LogP) is 3.84. The van der Waals surface area contributed by atoms with Crippen molar-refractivity contribution in [2.75, 3.05) is 0 Å². The number of phenolic OH excluding ortho intramolecular Hbond substituents is 2. The monoisotopic (exact) mass is 265 g/mol. The molecule has 0 amide bonds. The van der Waals surface area contributed by atoms with Crippen LogP contribution in [0.3, 0.4) is 0 Å². The zero-order chi connectivity index (χ0) is 14.4. The Labute approximate surface area is 117 Å². The molecule has 0 atom stereocenters. The lowest BCUT2D eigenvalue weighted by atomic mass is 10.1. The van der Waals surface area contributed by atoms with Crippen LogP contribution in [0.15, 0.2) is 60.7 Å². The standard InChI is InChI=1S/C17H15NO2/c18-15(11-9-13-5-1-3-7-16(13)19)12-10-14-6-2-4-8-17(14)20/h1-12,18-20H/b11-9+,12-10+. The molecular formula is C17H15NO2. The van der Waals surface area contributed by atoms with E-state index in [-0.39, 0.29) is 17.2 Å². The van der Waals surface area contributed by atoms with Gasteiger partial charge in [-0.25, -0.2) is 0 Å². The maximum absolute atomic E-state index is 9.59. The summed E-state index contributed by atoms with van der Waals surface area (Å²) in [6, 6.07) is 13.9. The van der Waals surface area contributed by atoms with Crippen molar-refractivity contribution in [3.63, 3.8) is 0 Å². The molecular weight excluding hydrogens is 250 g/mol. The topological polar surface area (TPSA) is 64.3 Å². The van der Waals surface area contributed by atoms with Gasteiger partial charge in [-0.1, -0.05) is 36.4 Å². The van der Waals surface area contributed by atoms with Gasteiger partial charge >= 0.3 is 0 Å². The summed E-state index contributed by atoms with van der Waals surface area (Å²) in [4.78, 5) is 0. The number of allylic oxidation sites excluding steroid dienone is 2. The molecule has 0 saturated heterocycles. The zero-order valence-electron chi connectivity index (χ0n) is 10.8. The van der Waals surface area contributed by atoms with Crippen molar-refractivity contribution in [3.05, 3.63) is 71.8 Å². The maximum atomic E-state index is 9.59. The molecule has 0 aliphatic rings. The molecule has 3 N–H and O–H groups in total.